The summed E-state index contributed by atoms with van der Waals surface area (Å²) >= 11 is 0. The van der Waals surface area contributed by atoms with Gasteiger partial charge in [0.1, 0.15) is 0 Å². The first kappa shape index (κ1) is 8.58. The van der Waals surface area contributed by atoms with Crippen molar-refractivity contribution in [1.29, 1.82) is 0 Å². The van der Waals surface area contributed by atoms with Gasteiger partial charge in [0, 0.05) is 19.6 Å². The predicted molar refractivity (Wildman–Crippen MR) is 47.4 cm³/mol. The van der Waals surface area contributed by atoms with E-state index in [1.807, 2.05) is 0 Å². The van der Waals surface area contributed by atoms with Gasteiger partial charge in [-0.2, -0.15) is 0 Å². The van der Waals surface area contributed by atoms with Crippen molar-refractivity contribution in [3.05, 3.63) is 0 Å². The maximum atomic E-state index is 5.24. The molecule has 0 aromatic carbocycles. The lowest BCUT2D eigenvalue weighted by atomic mass is 10.4. The molecule has 2 nitrogen and oxygen atoms in total. The molecule has 1 aliphatic rings. The maximum absolute atomic E-state index is 5.24. The topological polar surface area (TPSA) is 6.48 Å². The minimum absolute atomic E-state index is 0.813. The van der Waals surface area contributed by atoms with Gasteiger partial charge in [0.2, 0.25) is 0 Å². The monoisotopic (exact) mass is 152 g/mol. The maximum Gasteiger partial charge on any atom is 0.0599 e. The molecule has 0 amide bonds. The van der Waals surface area contributed by atoms with E-state index in [1.54, 1.807) is 0 Å². The molecule has 0 N–H and O–H groups in total. The third-order valence-corrected chi connectivity index (χ3v) is 2.13. The minimum atomic E-state index is 0.813. The molecule has 1 aliphatic heterocycles. The predicted octanol–water partition coefficient (Wildman–Crippen LogP) is 0.257. The largest absolute Gasteiger partial charge is 0.305 e. The Morgan fingerprint density at radius 2 is 2.09 bits per heavy atom. The van der Waals surface area contributed by atoms with Gasteiger partial charge in [-0.25, -0.2) is 0 Å². The van der Waals surface area contributed by atoms with Gasteiger partial charge in [0.15, 0.2) is 0 Å². The first-order valence-corrected chi connectivity index (χ1v) is 4.17. The van der Waals surface area contributed by atoms with E-state index in [0.29, 0.717) is 0 Å². The molecule has 1 heterocycles. The van der Waals surface area contributed by atoms with E-state index in [4.69, 9.17) is 6.42 Å². The van der Waals surface area contributed by atoms with E-state index in [2.05, 4.69) is 22.8 Å². The molecule has 0 aromatic rings. The summed E-state index contributed by atoms with van der Waals surface area (Å²) in [7, 11) is 2.17. The van der Waals surface area contributed by atoms with Crippen LogP contribution in [0, 0.1) is 12.3 Å². The zero-order chi connectivity index (χ0) is 8.10. The molecule has 0 radical (unpaired) electrons. The summed E-state index contributed by atoms with van der Waals surface area (Å²) in [6, 6.07) is 0. The van der Waals surface area contributed by atoms with Crippen LogP contribution in [0.15, 0.2) is 0 Å². The lowest BCUT2D eigenvalue weighted by Crippen LogP contribution is -2.29. The quantitative estimate of drug-likeness (QED) is 0.497. The summed E-state index contributed by atoms with van der Waals surface area (Å²) in [5.41, 5.74) is 0. The molecule has 11 heavy (non-hydrogen) atoms. The van der Waals surface area contributed by atoms with E-state index in [0.717, 1.165) is 26.2 Å². The third-order valence-electron chi connectivity index (χ3n) is 2.13. The van der Waals surface area contributed by atoms with Crippen molar-refractivity contribution in [1.82, 2.24) is 9.80 Å². The van der Waals surface area contributed by atoms with Crippen LogP contribution < -0.4 is 0 Å². The second-order valence-electron chi connectivity index (χ2n) is 3.14. The Balaban J connectivity index is 2.29. The lowest BCUT2D eigenvalue weighted by Gasteiger charge is -2.16. The third kappa shape index (κ3) is 2.92. The molecule has 1 saturated heterocycles. The van der Waals surface area contributed by atoms with Crippen LogP contribution in [-0.4, -0.2) is 49.6 Å². The van der Waals surface area contributed by atoms with Crippen LogP contribution in [0.3, 0.4) is 0 Å². The van der Waals surface area contributed by atoms with Crippen molar-refractivity contribution in [3.63, 3.8) is 0 Å². The van der Waals surface area contributed by atoms with Crippen molar-refractivity contribution < 1.29 is 0 Å². The Bertz CT molecular complexity index is 148. The molecule has 0 spiro atoms. The van der Waals surface area contributed by atoms with Crippen LogP contribution in [0.1, 0.15) is 6.42 Å². The summed E-state index contributed by atoms with van der Waals surface area (Å²) in [6.45, 7) is 5.46. The molecule has 1 fully saturated rings. The summed E-state index contributed by atoms with van der Waals surface area (Å²) in [4.78, 5) is 4.69. The number of hydrogen-bond acceptors (Lipinski definition) is 2. The number of terminal acetylenes is 1. The van der Waals surface area contributed by atoms with Crippen molar-refractivity contribution >= 4 is 0 Å². The second-order valence-corrected chi connectivity index (χ2v) is 3.14. The van der Waals surface area contributed by atoms with Gasteiger partial charge in [-0.1, -0.05) is 5.92 Å². The van der Waals surface area contributed by atoms with Crippen molar-refractivity contribution in [3.8, 4) is 12.3 Å². The van der Waals surface area contributed by atoms with Crippen molar-refractivity contribution in [2.45, 2.75) is 6.42 Å². The number of rotatable bonds is 1. The molecule has 0 aromatic heterocycles. The SMILES string of the molecule is C#CCN1CCCN(C)CC1. The molecule has 0 bridgehead atoms. The first-order chi connectivity index (χ1) is 5.33. The van der Waals surface area contributed by atoms with E-state index in [9.17, 15) is 0 Å². The zero-order valence-corrected chi connectivity index (χ0v) is 7.21. The highest BCUT2D eigenvalue weighted by atomic mass is 15.2. The summed E-state index contributed by atoms with van der Waals surface area (Å²) in [6.07, 6.45) is 6.49. The molecule has 0 saturated carbocycles. The summed E-state index contributed by atoms with van der Waals surface area (Å²) in [5, 5.41) is 0. The van der Waals surface area contributed by atoms with Crippen LogP contribution in [0.2, 0.25) is 0 Å². The van der Waals surface area contributed by atoms with Gasteiger partial charge in [-0.05, 0) is 20.0 Å². The van der Waals surface area contributed by atoms with E-state index in [-0.39, 0.29) is 0 Å². The smallest absolute Gasteiger partial charge is 0.0599 e. The molecule has 62 valence electrons. The highest BCUT2D eigenvalue weighted by Gasteiger charge is 2.09. The van der Waals surface area contributed by atoms with Crippen LogP contribution in [0.4, 0.5) is 0 Å². The Morgan fingerprint density at radius 1 is 1.27 bits per heavy atom. The normalized spacial score (nSPS) is 22.5. The molecular weight excluding hydrogens is 136 g/mol. The second kappa shape index (κ2) is 4.38. The van der Waals surface area contributed by atoms with Gasteiger partial charge < -0.3 is 4.90 Å². The van der Waals surface area contributed by atoms with E-state index in [1.165, 1.54) is 13.0 Å². The van der Waals surface area contributed by atoms with Gasteiger partial charge in [0.25, 0.3) is 0 Å². The summed E-state index contributed by atoms with van der Waals surface area (Å²) < 4.78 is 0. The molecule has 2 heteroatoms. The van der Waals surface area contributed by atoms with Crippen LogP contribution in [0.25, 0.3) is 0 Å². The fourth-order valence-electron chi connectivity index (χ4n) is 1.39. The van der Waals surface area contributed by atoms with E-state index >= 15 is 0 Å². The molecule has 0 aliphatic carbocycles. The standard InChI is InChI=1S/C9H16N2/c1-3-5-11-7-4-6-10(2)8-9-11/h1H,4-9H2,2H3. The average Bonchev–Trinajstić information content (AvgIpc) is 2.17. The van der Waals surface area contributed by atoms with E-state index < -0.39 is 0 Å². The van der Waals surface area contributed by atoms with Gasteiger partial charge in [-0.15, -0.1) is 6.42 Å². The summed E-state index contributed by atoms with van der Waals surface area (Å²) in [5.74, 6) is 2.69. The van der Waals surface area contributed by atoms with Crippen LogP contribution in [-0.2, 0) is 0 Å². The first-order valence-electron chi connectivity index (χ1n) is 4.17. The Kier molecular flexibility index (Phi) is 3.41. The van der Waals surface area contributed by atoms with Gasteiger partial charge >= 0.3 is 0 Å². The van der Waals surface area contributed by atoms with Crippen LogP contribution >= 0.6 is 0 Å². The lowest BCUT2D eigenvalue weighted by molar-refractivity contribution is 0.303. The van der Waals surface area contributed by atoms with Crippen LogP contribution in [0.5, 0.6) is 0 Å². The molecule has 0 atom stereocenters. The highest BCUT2D eigenvalue weighted by molar-refractivity contribution is 4.88. The fraction of sp³-hybridized carbons (Fsp3) is 0.778. The number of hydrogen-bond donors (Lipinski definition) is 0. The highest BCUT2D eigenvalue weighted by Crippen LogP contribution is 1.99. The molecule has 1 rings (SSSR count). The van der Waals surface area contributed by atoms with Gasteiger partial charge in [-0.3, -0.25) is 4.90 Å². The zero-order valence-electron chi connectivity index (χ0n) is 7.21. The van der Waals surface area contributed by atoms with Crippen molar-refractivity contribution in [2.75, 3.05) is 39.8 Å². The Morgan fingerprint density at radius 3 is 2.82 bits per heavy atom. The van der Waals surface area contributed by atoms with Gasteiger partial charge in [0.05, 0.1) is 6.54 Å². The number of nitrogens with zero attached hydrogens (tertiary/aromatic N) is 2. The van der Waals surface area contributed by atoms with Crippen molar-refractivity contribution in [2.24, 2.45) is 0 Å². The number of likely N-dealkylation sites (N-methyl/N-ethyl adjacent to an activating group) is 1. The molecule has 0 unspecified atom stereocenters. The Hall–Kier alpha value is -0.520. The average molecular weight is 152 g/mol. The minimum Gasteiger partial charge on any atom is -0.305 e. The molecular formula is C9H16N2. The fourth-order valence-corrected chi connectivity index (χ4v) is 1.39. The Labute approximate surface area is 69.2 Å².